The highest BCUT2D eigenvalue weighted by Crippen LogP contribution is 2.51. The molecule has 0 aliphatic carbocycles. The fourth-order valence-electron chi connectivity index (χ4n) is 5.18. The van der Waals surface area contributed by atoms with Gasteiger partial charge in [-0.3, -0.25) is 9.69 Å². The Hall–Kier alpha value is -3.65. The summed E-state index contributed by atoms with van der Waals surface area (Å²) in [6.45, 7) is 1.13. The van der Waals surface area contributed by atoms with Gasteiger partial charge >= 0.3 is 0 Å². The quantitative estimate of drug-likeness (QED) is 0.657. The van der Waals surface area contributed by atoms with Gasteiger partial charge in [0.05, 0.1) is 12.3 Å². The van der Waals surface area contributed by atoms with E-state index in [1.807, 2.05) is 65.5 Å². The van der Waals surface area contributed by atoms with E-state index in [0.717, 1.165) is 35.5 Å². The second-order valence-corrected chi connectivity index (χ2v) is 8.99. The molecule has 1 amide bonds. The molecule has 1 fully saturated rings. The molecule has 1 aromatic carbocycles. The van der Waals surface area contributed by atoms with E-state index in [2.05, 4.69) is 0 Å². The van der Waals surface area contributed by atoms with E-state index in [-0.39, 0.29) is 11.9 Å². The second kappa shape index (κ2) is 7.18. The summed E-state index contributed by atoms with van der Waals surface area (Å²) in [6, 6.07) is 15.7. The van der Waals surface area contributed by atoms with Gasteiger partial charge in [-0.05, 0) is 55.3 Å². The van der Waals surface area contributed by atoms with Crippen molar-refractivity contribution in [2.45, 2.75) is 30.4 Å². The van der Waals surface area contributed by atoms with Gasteiger partial charge < -0.3 is 19.8 Å². The first-order valence-corrected chi connectivity index (χ1v) is 11.2. The summed E-state index contributed by atoms with van der Waals surface area (Å²) >= 11 is 0. The van der Waals surface area contributed by atoms with Crippen molar-refractivity contribution in [1.82, 2.24) is 14.5 Å². The van der Waals surface area contributed by atoms with Gasteiger partial charge in [-0.1, -0.05) is 6.07 Å². The number of nitrogens with zero attached hydrogens (tertiary/aromatic N) is 4. The van der Waals surface area contributed by atoms with Crippen molar-refractivity contribution in [2.75, 3.05) is 20.3 Å². The van der Waals surface area contributed by atoms with Crippen LogP contribution < -0.4 is 10.5 Å². The smallest absolute Gasteiger partial charge is 0.261 e. The topological polar surface area (TPSA) is 95.0 Å². The Kier molecular flexibility index (Phi) is 4.35. The van der Waals surface area contributed by atoms with E-state index in [9.17, 15) is 4.79 Å². The number of benzene rings is 1. The molecule has 3 aromatic rings. The summed E-state index contributed by atoms with van der Waals surface area (Å²) in [5.74, 6) is 1.55. The van der Waals surface area contributed by atoms with Gasteiger partial charge in [-0.2, -0.15) is 0 Å². The molecule has 0 unspecified atom stereocenters. The lowest BCUT2D eigenvalue weighted by molar-refractivity contribution is -0.139. The highest BCUT2D eigenvalue weighted by atomic mass is 16.5. The van der Waals surface area contributed by atoms with Crippen LogP contribution in [0.5, 0.6) is 5.75 Å². The average Bonchev–Trinajstić information content (AvgIpc) is 3.44. The number of carbonyl (C=O) groups is 1. The number of hydrogen-bond donors (Lipinski definition) is 1. The number of aliphatic imine (C=N–C) groups is 1. The number of aromatic nitrogens is 2. The minimum absolute atomic E-state index is 0.138. The summed E-state index contributed by atoms with van der Waals surface area (Å²) in [5, 5.41) is 0. The van der Waals surface area contributed by atoms with Gasteiger partial charge in [0.2, 0.25) is 0 Å². The average molecular weight is 444 g/mol. The lowest BCUT2D eigenvalue weighted by Gasteiger charge is -2.46. The zero-order chi connectivity index (χ0) is 22.6. The molecule has 2 atom stereocenters. The highest BCUT2D eigenvalue weighted by molar-refractivity contribution is 6.07. The zero-order valence-electron chi connectivity index (χ0n) is 18.4. The first kappa shape index (κ1) is 20.0. The molecular formula is C25H25N5O3. The second-order valence-electron chi connectivity index (χ2n) is 8.99. The number of guanidine groups is 1. The van der Waals surface area contributed by atoms with Crippen molar-refractivity contribution in [2.24, 2.45) is 10.7 Å². The Balaban J connectivity index is 1.49. The maximum Gasteiger partial charge on any atom is 0.261 e. The fourth-order valence-corrected chi connectivity index (χ4v) is 5.18. The third kappa shape index (κ3) is 3.05. The van der Waals surface area contributed by atoms with E-state index in [1.165, 1.54) is 4.90 Å². The van der Waals surface area contributed by atoms with E-state index in [1.54, 1.807) is 7.05 Å². The third-order valence-electron chi connectivity index (χ3n) is 6.82. The fraction of sp³-hybridized carbons (Fsp3) is 0.320. The number of hydrogen-bond acceptors (Lipinski definition) is 6. The predicted octanol–water partition coefficient (Wildman–Crippen LogP) is 2.85. The molecule has 8 heteroatoms. The maximum atomic E-state index is 13.6. The highest BCUT2D eigenvalue weighted by Gasteiger charge is 2.58. The van der Waals surface area contributed by atoms with E-state index in [4.69, 9.17) is 25.2 Å². The van der Waals surface area contributed by atoms with Crippen molar-refractivity contribution in [3.05, 3.63) is 66.5 Å². The van der Waals surface area contributed by atoms with Crippen LogP contribution in [0.2, 0.25) is 0 Å². The lowest BCUT2D eigenvalue weighted by atomic mass is 9.74. The normalized spacial score (nSPS) is 26.4. The van der Waals surface area contributed by atoms with Crippen LogP contribution >= 0.6 is 0 Å². The Morgan fingerprint density at radius 2 is 1.97 bits per heavy atom. The first-order chi connectivity index (χ1) is 16.0. The predicted molar refractivity (Wildman–Crippen MR) is 123 cm³/mol. The SMILES string of the molecule is CN1C(=O)[C@@]2(C[C@]3(CCCOC3)Oc3ccc(-c4cccc(-n5cccc5)n4)cc32)N=C1N. The summed E-state index contributed by atoms with van der Waals surface area (Å²) < 4.78 is 14.2. The van der Waals surface area contributed by atoms with Crippen molar-refractivity contribution in [1.29, 1.82) is 0 Å². The molecule has 3 aliphatic rings. The minimum Gasteiger partial charge on any atom is -0.484 e. The number of pyridine rings is 1. The standard InChI is InChI=1S/C25H25N5O3/c1-29-22(31)25(28-23(29)26)15-24(10-5-13-32-16-24)33-20-9-8-17(14-18(20)25)19-6-4-7-21(27-19)30-11-2-3-12-30/h2-4,6-9,11-12,14H,5,10,13,15-16H2,1H3,(H2,26,28)/t24-,25-/m0/s1. The van der Waals surface area contributed by atoms with E-state index in [0.29, 0.717) is 25.4 Å². The van der Waals surface area contributed by atoms with Gasteiger partial charge in [0.1, 0.15) is 17.2 Å². The van der Waals surface area contributed by atoms with Gasteiger partial charge in [0, 0.05) is 43.6 Å². The molecule has 2 spiro atoms. The van der Waals surface area contributed by atoms with Crippen molar-refractivity contribution < 1.29 is 14.3 Å². The molecule has 33 heavy (non-hydrogen) atoms. The first-order valence-electron chi connectivity index (χ1n) is 11.2. The Bertz CT molecular complexity index is 1260. The minimum atomic E-state index is -1.12. The van der Waals surface area contributed by atoms with Gasteiger partial charge in [-0.25, -0.2) is 9.98 Å². The van der Waals surface area contributed by atoms with Crippen LogP contribution in [0.3, 0.4) is 0 Å². The lowest BCUT2D eigenvalue weighted by Crippen LogP contribution is -2.55. The van der Waals surface area contributed by atoms with Crippen LogP contribution in [0.25, 0.3) is 17.1 Å². The van der Waals surface area contributed by atoms with Crippen LogP contribution in [-0.2, 0) is 15.1 Å². The van der Waals surface area contributed by atoms with Gasteiger partial charge in [-0.15, -0.1) is 0 Å². The number of carbonyl (C=O) groups excluding carboxylic acids is 1. The van der Waals surface area contributed by atoms with Crippen molar-refractivity contribution >= 4 is 11.9 Å². The molecule has 3 aliphatic heterocycles. The van der Waals surface area contributed by atoms with Crippen LogP contribution in [-0.4, -0.2) is 52.2 Å². The largest absolute Gasteiger partial charge is 0.484 e. The van der Waals surface area contributed by atoms with Crippen LogP contribution in [0.1, 0.15) is 24.8 Å². The number of nitrogens with two attached hydrogens (primary N) is 1. The van der Waals surface area contributed by atoms with Gasteiger partial charge in [0.25, 0.3) is 5.91 Å². The molecule has 5 heterocycles. The van der Waals surface area contributed by atoms with Crippen molar-refractivity contribution in [3.63, 3.8) is 0 Å². The number of likely N-dealkylation sites (N-methyl/N-ethyl adjacent to an activating group) is 1. The van der Waals surface area contributed by atoms with Crippen molar-refractivity contribution in [3.8, 4) is 22.8 Å². The number of fused-ring (bicyclic) bond motifs is 2. The molecule has 0 bridgehead atoms. The molecule has 0 radical (unpaired) electrons. The monoisotopic (exact) mass is 443 g/mol. The molecule has 8 nitrogen and oxygen atoms in total. The molecule has 0 saturated carbocycles. The molecule has 1 saturated heterocycles. The molecule has 168 valence electrons. The van der Waals surface area contributed by atoms with E-state index >= 15 is 0 Å². The molecule has 2 N–H and O–H groups in total. The summed E-state index contributed by atoms with van der Waals surface area (Å²) in [7, 11) is 1.67. The molecular weight excluding hydrogens is 418 g/mol. The van der Waals surface area contributed by atoms with Crippen LogP contribution in [0.4, 0.5) is 0 Å². The Labute approximate surface area is 191 Å². The molecule has 6 rings (SSSR count). The number of rotatable bonds is 2. The Morgan fingerprint density at radius 3 is 2.70 bits per heavy atom. The van der Waals surface area contributed by atoms with Crippen LogP contribution in [0, 0.1) is 0 Å². The summed E-state index contributed by atoms with van der Waals surface area (Å²) in [4.78, 5) is 24.6. The number of ether oxygens (including phenoxy) is 2. The summed E-state index contributed by atoms with van der Waals surface area (Å²) in [6.07, 6.45) is 6.00. The zero-order valence-corrected chi connectivity index (χ0v) is 18.4. The third-order valence-corrected chi connectivity index (χ3v) is 6.82. The number of amides is 1. The van der Waals surface area contributed by atoms with E-state index < -0.39 is 11.1 Å². The summed E-state index contributed by atoms with van der Waals surface area (Å²) in [5.41, 5.74) is 6.84. The maximum absolute atomic E-state index is 13.6. The Morgan fingerprint density at radius 1 is 1.12 bits per heavy atom. The molecule has 2 aromatic heterocycles. The van der Waals surface area contributed by atoms with Gasteiger partial charge in [0.15, 0.2) is 11.5 Å². The van der Waals surface area contributed by atoms with Crippen LogP contribution in [0.15, 0.2) is 65.9 Å².